The molecule has 0 saturated heterocycles. The minimum atomic E-state index is -4.60. The molecular formula is C65H119N2O6P. The van der Waals surface area contributed by atoms with Crippen LogP contribution in [0.2, 0.25) is 0 Å². The lowest BCUT2D eigenvalue weighted by atomic mass is 10.0. The summed E-state index contributed by atoms with van der Waals surface area (Å²) in [4.78, 5) is 25.5. The van der Waals surface area contributed by atoms with Gasteiger partial charge in [-0.3, -0.25) is 9.36 Å². The molecule has 0 fully saturated rings. The summed E-state index contributed by atoms with van der Waals surface area (Å²) in [5.41, 5.74) is 0. The summed E-state index contributed by atoms with van der Waals surface area (Å²) < 4.78 is 23.4. The molecule has 0 aliphatic carbocycles. The average Bonchev–Trinajstić information content (AvgIpc) is 3.36. The van der Waals surface area contributed by atoms with Crippen molar-refractivity contribution >= 4 is 13.7 Å². The van der Waals surface area contributed by atoms with Crippen LogP contribution in [-0.2, 0) is 18.4 Å². The minimum Gasteiger partial charge on any atom is -0.756 e. The molecule has 0 aliphatic rings. The van der Waals surface area contributed by atoms with E-state index in [4.69, 9.17) is 9.05 Å². The summed E-state index contributed by atoms with van der Waals surface area (Å²) in [5, 5.41) is 14.0. The zero-order valence-corrected chi connectivity index (χ0v) is 49.9. The van der Waals surface area contributed by atoms with Crippen LogP contribution in [0.1, 0.15) is 271 Å². The maximum atomic E-state index is 13.0. The first-order valence-electron chi connectivity index (χ1n) is 30.9. The standard InChI is InChI=1S/C65H119N2O6P/c1-6-8-10-12-14-16-18-20-22-24-26-28-30-31-32-33-34-35-37-38-40-42-44-46-48-50-52-54-56-58-64(68)63(62-73-74(70,71)72-61-60-67(3,4)5)66-65(69)59-57-55-53-51-49-47-45-43-41-39-36-29-27-25-23-21-19-17-15-13-11-9-7-2/h9,11,15,17,21,23,27,29,39,41,45,47,51,53,63-64,68H,6-8,10,12-14,16,18-20,22,24-26,28,30-38,40,42-44,46,48-50,52,54-62H2,1-5H3,(H-,66,69,70,71)/b11-9-,17-15-,23-21-,29-27-,41-39-,47-45-,53-51-. The smallest absolute Gasteiger partial charge is 0.268 e. The van der Waals surface area contributed by atoms with E-state index in [0.29, 0.717) is 23.9 Å². The highest BCUT2D eigenvalue weighted by molar-refractivity contribution is 7.45. The number of phosphoric ester groups is 1. The van der Waals surface area contributed by atoms with Crippen LogP contribution in [0.15, 0.2) is 85.1 Å². The Bertz CT molecular complexity index is 1480. The summed E-state index contributed by atoms with van der Waals surface area (Å²) in [5.74, 6) is -0.222. The van der Waals surface area contributed by atoms with Gasteiger partial charge in [0.25, 0.3) is 7.82 Å². The van der Waals surface area contributed by atoms with Gasteiger partial charge in [-0.1, -0.05) is 285 Å². The number of aliphatic hydroxyl groups is 1. The molecule has 8 nitrogen and oxygen atoms in total. The van der Waals surface area contributed by atoms with E-state index in [1.807, 2.05) is 21.1 Å². The molecule has 3 atom stereocenters. The Hall–Kier alpha value is -2.32. The molecule has 0 aliphatic heterocycles. The molecule has 0 aromatic carbocycles. The second-order valence-electron chi connectivity index (χ2n) is 22.0. The molecule has 0 heterocycles. The number of carbonyl (C=O) groups is 1. The summed E-state index contributed by atoms with van der Waals surface area (Å²) in [6.07, 6.45) is 77.9. The Labute approximate surface area is 458 Å². The third-order valence-electron chi connectivity index (χ3n) is 13.6. The molecule has 0 bridgehead atoms. The van der Waals surface area contributed by atoms with Crippen molar-refractivity contribution in [3.63, 3.8) is 0 Å². The Morgan fingerprint density at radius 2 is 0.811 bits per heavy atom. The quantitative estimate of drug-likeness (QED) is 0.0272. The van der Waals surface area contributed by atoms with E-state index in [1.54, 1.807) is 0 Å². The van der Waals surface area contributed by atoms with E-state index < -0.39 is 20.0 Å². The van der Waals surface area contributed by atoms with Crippen molar-refractivity contribution in [2.45, 2.75) is 283 Å². The molecule has 0 spiro atoms. The van der Waals surface area contributed by atoms with E-state index in [9.17, 15) is 19.4 Å². The molecule has 0 aromatic heterocycles. The topological polar surface area (TPSA) is 108 Å². The van der Waals surface area contributed by atoms with Crippen LogP contribution < -0.4 is 10.2 Å². The molecule has 0 aromatic rings. The fraction of sp³-hybridized carbons (Fsp3) is 0.769. The molecular weight excluding hydrogens is 936 g/mol. The Morgan fingerprint density at radius 1 is 0.486 bits per heavy atom. The highest BCUT2D eigenvalue weighted by atomic mass is 31.2. The zero-order chi connectivity index (χ0) is 54.2. The summed E-state index contributed by atoms with van der Waals surface area (Å²) in [7, 11) is 1.26. The number of phosphoric acid groups is 1. The van der Waals surface area contributed by atoms with Gasteiger partial charge in [-0.05, 0) is 64.2 Å². The van der Waals surface area contributed by atoms with Crippen LogP contribution in [0, 0.1) is 0 Å². The number of quaternary nitrogens is 1. The SMILES string of the molecule is CC/C=C\C/C=C\C/C=C\C/C=C\C/C=C\C/C=C\C/C=C\CCCC(=O)NC(COP(=O)([O-])OCC[N+](C)(C)C)C(O)CCCCCCCCCCCCCCCCCCCCCCCCCCCCCCC. The third-order valence-corrected chi connectivity index (χ3v) is 14.6. The van der Waals surface area contributed by atoms with Crippen molar-refractivity contribution in [1.82, 2.24) is 5.32 Å². The van der Waals surface area contributed by atoms with Crippen LogP contribution in [0.5, 0.6) is 0 Å². The number of amides is 1. The molecule has 74 heavy (non-hydrogen) atoms. The molecule has 2 N–H and O–H groups in total. The van der Waals surface area contributed by atoms with Gasteiger partial charge in [0, 0.05) is 6.42 Å². The van der Waals surface area contributed by atoms with E-state index in [2.05, 4.69) is 104 Å². The van der Waals surface area contributed by atoms with E-state index in [-0.39, 0.29) is 25.5 Å². The van der Waals surface area contributed by atoms with Gasteiger partial charge in [-0.25, -0.2) is 0 Å². The molecule has 0 saturated carbocycles. The number of allylic oxidation sites excluding steroid dienone is 14. The molecule has 430 valence electrons. The van der Waals surface area contributed by atoms with Crippen molar-refractivity contribution < 1.29 is 32.9 Å². The van der Waals surface area contributed by atoms with E-state index in [0.717, 1.165) is 70.6 Å². The monoisotopic (exact) mass is 1050 g/mol. The molecule has 1 amide bonds. The Morgan fingerprint density at radius 3 is 1.15 bits per heavy atom. The molecule has 0 radical (unpaired) electrons. The van der Waals surface area contributed by atoms with Crippen molar-refractivity contribution in [2.75, 3.05) is 40.9 Å². The van der Waals surface area contributed by atoms with E-state index >= 15 is 0 Å². The number of hydrogen-bond acceptors (Lipinski definition) is 6. The van der Waals surface area contributed by atoms with Crippen LogP contribution in [0.25, 0.3) is 0 Å². The molecule has 3 unspecified atom stereocenters. The first-order chi connectivity index (χ1) is 36.0. The number of carbonyl (C=O) groups excluding carboxylic acids is 1. The van der Waals surface area contributed by atoms with Gasteiger partial charge in [-0.2, -0.15) is 0 Å². The third kappa shape index (κ3) is 57.4. The highest BCUT2D eigenvalue weighted by Crippen LogP contribution is 2.38. The van der Waals surface area contributed by atoms with Crippen LogP contribution >= 0.6 is 7.82 Å². The Balaban J connectivity index is 4.20. The van der Waals surface area contributed by atoms with Crippen molar-refractivity contribution in [3.05, 3.63) is 85.1 Å². The van der Waals surface area contributed by atoms with Crippen molar-refractivity contribution in [3.8, 4) is 0 Å². The van der Waals surface area contributed by atoms with Gasteiger partial charge in [0.05, 0.1) is 39.9 Å². The van der Waals surface area contributed by atoms with Crippen LogP contribution in [-0.4, -0.2) is 68.5 Å². The average molecular weight is 1060 g/mol. The van der Waals surface area contributed by atoms with Gasteiger partial charge < -0.3 is 28.8 Å². The lowest BCUT2D eigenvalue weighted by molar-refractivity contribution is -0.870. The largest absolute Gasteiger partial charge is 0.756 e. The number of nitrogens with zero attached hydrogens (tertiary/aromatic N) is 1. The second kappa shape index (κ2) is 55.4. The number of nitrogens with one attached hydrogen (secondary N) is 1. The second-order valence-corrected chi connectivity index (χ2v) is 23.4. The number of rotatable bonds is 56. The number of hydrogen-bond donors (Lipinski definition) is 2. The highest BCUT2D eigenvalue weighted by Gasteiger charge is 2.24. The lowest BCUT2D eigenvalue weighted by Gasteiger charge is -2.30. The molecule has 0 rings (SSSR count). The Kier molecular flexibility index (Phi) is 53.7. The van der Waals surface area contributed by atoms with Crippen molar-refractivity contribution in [2.24, 2.45) is 0 Å². The molecule has 9 heteroatoms. The fourth-order valence-electron chi connectivity index (χ4n) is 8.86. The maximum absolute atomic E-state index is 13.0. The number of likely N-dealkylation sites (N-methyl/N-ethyl adjacent to an activating group) is 1. The number of unbranched alkanes of at least 4 members (excludes halogenated alkanes) is 29. The summed E-state index contributed by atoms with van der Waals surface area (Å²) in [6.45, 7) is 4.58. The van der Waals surface area contributed by atoms with Gasteiger partial charge in [-0.15, -0.1) is 0 Å². The van der Waals surface area contributed by atoms with Crippen molar-refractivity contribution in [1.29, 1.82) is 0 Å². The van der Waals surface area contributed by atoms with E-state index in [1.165, 1.54) is 167 Å². The van der Waals surface area contributed by atoms with Crippen LogP contribution in [0.4, 0.5) is 0 Å². The number of aliphatic hydroxyl groups excluding tert-OH is 1. The van der Waals surface area contributed by atoms with Gasteiger partial charge >= 0.3 is 0 Å². The van der Waals surface area contributed by atoms with Gasteiger partial charge in [0.1, 0.15) is 13.2 Å². The normalized spacial score (nSPS) is 14.4. The first kappa shape index (κ1) is 71.7. The summed E-state index contributed by atoms with van der Waals surface area (Å²) >= 11 is 0. The van der Waals surface area contributed by atoms with Gasteiger partial charge in [0.2, 0.25) is 5.91 Å². The maximum Gasteiger partial charge on any atom is 0.268 e. The zero-order valence-electron chi connectivity index (χ0n) is 49.0. The fourth-order valence-corrected chi connectivity index (χ4v) is 9.58. The summed E-state index contributed by atoms with van der Waals surface area (Å²) in [6, 6.07) is -0.839. The lowest BCUT2D eigenvalue weighted by Crippen LogP contribution is -2.46. The predicted octanol–water partition coefficient (Wildman–Crippen LogP) is 18.6. The minimum absolute atomic E-state index is 0.00286. The first-order valence-corrected chi connectivity index (χ1v) is 32.4. The predicted molar refractivity (Wildman–Crippen MR) is 320 cm³/mol. The van der Waals surface area contributed by atoms with Crippen LogP contribution in [0.3, 0.4) is 0 Å². The van der Waals surface area contributed by atoms with Gasteiger partial charge in [0.15, 0.2) is 0 Å².